The number of hydrogen-bond donors (Lipinski definition) is 2. The zero-order valence-corrected chi connectivity index (χ0v) is 6.83. The Morgan fingerprint density at radius 1 is 1.50 bits per heavy atom. The Labute approximate surface area is 70.0 Å². The molecule has 0 spiro atoms. The van der Waals surface area contributed by atoms with Crippen LogP contribution in [-0.4, -0.2) is 15.3 Å². The van der Waals surface area contributed by atoms with E-state index in [1.165, 1.54) is 5.56 Å². The molecule has 0 amide bonds. The van der Waals surface area contributed by atoms with Crippen LogP contribution in [0.2, 0.25) is 0 Å². The van der Waals surface area contributed by atoms with Crippen LogP contribution in [0.1, 0.15) is 12.5 Å². The molecule has 0 atom stereocenters. The fraction of sp³-hybridized carbons (Fsp3) is 0.222. The van der Waals surface area contributed by atoms with Gasteiger partial charge in [0.25, 0.3) is 0 Å². The van der Waals surface area contributed by atoms with E-state index in [1.807, 2.05) is 18.2 Å². The quantitative estimate of drug-likeness (QED) is 0.672. The van der Waals surface area contributed by atoms with E-state index < -0.39 is 0 Å². The molecule has 3 heteroatoms. The van der Waals surface area contributed by atoms with Crippen LogP contribution >= 0.6 is 0 Å². The molecule has 12 heavy (non-hydrogen) atoms. The number of nitrogens with zero attached hydrogens (tertiary/aromatic N) is 1. The maximum absolute atomic E-state index is 9.29. The lowest BCUT2D eigenvalue weighted by molar-refractivity contribution is 0.457. The topological polar surface area (TPSA) is 48.9 Å². The number of aromatic nitrogens is 2. The number of nitrogens with one attached hydrogen (secondary N) is 1. The molecular weight excluding hydrogens is 152 g/mol. The summed E-state index contributed by atoms with van der Waals surface area (Å²) in [6, 6.07) is 5.91. The molecule has 62 valence electrons. The van der Waals surface area contributed by atoms with Gasteiger partial charge >= 0.3 is 0 Å². The van der Waals surface area contributed by atoms with Crippen molar-refractivity contribution in [2.24, 2.45) is 0 Å². The molecule has 0 aliphatic carbocycles. The zero-order valence-electron chi connectivity index (χ0n) is 6.83. The average molecular weight is 162 g/mol. The summed E-state index contributed by atoms with van der Waals surface area (Å²) in [7, 11) is 0. The summed E-state index contributed by atoms with van der Waals surface area (Å²) in [5, 5.41) is 16.5. The molecule has 3 nitrogen and oxygen atoms in total. The first-order valence-corrected chi connectivity index (χ1v) is 3.97. The number of H-pyrrole nitrogens is 1. The molecule has 0 bridgehead atoms. The maximum atomic E-state index is 9.29. The molecule has 0 aliphatic heterocycles. The SMILES string of the molecule is CCc1ccc2[nH]nc(O)c2c1. The molecule has 1 heterocycles. The molecule has 2 N–H and O–H groups in total. The Morgan fingerprint density at radius 2 is 2.33 bits per heavy atom. The van der Waals surface area contributed by atoms with Crippen molar-refractivity contribution in [2.45, 2.75) is 13.3 Å². The standard InChI is InChI=1S/C9H10N2O/c1-2-6-3-4-8-7(5-6)9(12)11-10-8/h3-5H,2H2,1H3,(H2,10,11,12). The highest BCUT2D eigenvalue weighted by atomic mass is 16.3. The lowest BCUT2D eigenvalue weighted by Gasteiger charge is -1.94. The first-order chi connectivity index (χ1) is 5.81. The number of fused-ring (bicyclic) bond motifs is 1. The number of hydrogen-bond acceptors (Lipinski definition) is 2. The van der Waals surface area contributed by atoms with Crippen LogP contribution in [0.25, 0.3) is 10.9 Å². The molecule has 0 saturated carbocycles. The van der Waals surface area contributed by atoms with Crippen LogP contribution in [0.4, 0.5) is 0 Å². The van der Waals surface area contributed by atoms with E-state index in [4.69, 9.17) is 0 Å². The highest BCUT2D eigenvalue weighted by molar-refractivity contribution is 5.84. The summed E-state index contributed by atoms with van der Waals surface area (Å²) in [6.07, 6.45) is 0.973. The molecule has 0 unspecified atom stereocenters. The van der Waals surface area contributed by atoms with E-state index in [-0.39, 0.29) is 5.88 Å². The largest absolute Gasteiger partial charge is 0.492 e. The Kier molecular flexibility index (Phi) is 1.50. The molecule has 1 aromatic heterocycles. The van der Waals surface area contributed by atoms with Gasteiger partial charge in [0.1, 0.15) is 0 Å². The van der Waals surface area contributed by atoms with Crippen molar-refractivity contribution >= 4 is 10.9 Å². The minimum absolute atomic E-state index is 0.0836. The first-order valence-electron chi connectivity index (χ1n) is 3.97. The number of aromatic hydroxyl groups is 1. The second-order valence-electron chi connectivity index (χ2n) is 2.78. The Hall–Kier alpha value is -1.51. The summed E-state index contributed by atoms with van der Waals surface area (Å²) in [4.78, 5) is 0. The Balaban J connectivity index is 2.71. The van der Waals surface area contributed by atoms with E-state index in [1.54, 1.807) is 0 Å². The van der Waals surface area contributed by atoms with Gasteiger partial charge in [-0.1, -0.05) is 13.0 Å². The van der Waals surface area contributed by atoms with Gasteiger partial charge in [-0.05, 0) is 24.1 Å². The van der Waals surface area contributed by atoms with Crippen molar-refractivity contribution in [3.8, 4) is 5.88 Å². The fourth-order valence-electron chi connectivity index (χ4n) is 1.27. The minimum atomic E-state index is 0.0836. The van der Waals surface area contributed by atoms with Crippen molar-refractivity contribution in [3.05, 3.63) is 23.8 Å². The molecule has 0 fully saturated rings. The van der Waals surface area contributed by atoms with Crippen molar-refractivity contribution in [1.82, 2.24) is 10.2 Å². The number of benzene rings is 1. The maximum Gasteiger partial charge on any atom is 0.238 e. The van der Waals surface area contributed by atoms with Crippen LogP contribution < -0.4 is 0 Å². The smallest absolute Gasteiger partial charge is 0.238 e. The van der Waals surface area contributed by atoms with Crippen LogP contribution in [0, 0.1) is 0 Å². The lowest BCUT2D eigenvalue weighted by atomic mass is 10.1. The summed E-state index contributed by atoms with van der Waals surface area (Å²) in [5.41, 5.74) is 2.09. The number of aryl methyl sites for hydroxylation is 1. The zero-order chi connectivity index (χ0) is 8.55. The number of aromatic amines is 1. The summed E-state index contributed by atoms with van der Waals surface area (Å²) >= 11 is 0. The summed E-state index contributed by atoms with van der Waals surface area (Å²) < 4.78 is 0. The van der Waals surface area contributed by atoms with E-state index in [2.05, 4.69) is 17.1 Å². The van der Waals surface area contributed by atoms with Gasteiger partial charge < -0.3 is 5.11 Å². The summed E-state index contributed by atoms with van der Waals surface area (Å²) in [6.45, 7) is 2.08. The van der Waals surface area contributed by atoms with Crippen LogP contribution in [0.5, 0.6) is 5.88 Å². The molecular formula is C9H10N2O. The van der Waals surface area contributed by atoms with Gasteiger partial charge in [-0.2, -0.15) is 0 Å². The Morgan fingerprint density at radius 3 is 3.08 bits per heavy atom. The lowest BCUT2D eigenvalue weighted by Crippen LogP contribution is -1.77. The molecule has 0 saturated heterocycles. The number of rotatable bonds is 1. The van der Waals surface area contributed by atoms with Crippen LogP contribution in [0.3, 0.4) is 0 Å². The predicted octanol–water partition coefficient (Wildman–Crippen LogP) is 1.83. The van der Waals surface area contributed by atoms with Gasteiger partial charge in [-0.25, -0.2) is 0 Å². The highest BCUT2D eigenvalue weighted by Crippen LogP contribution is 2.22. The van der Waals surface area contributed by atoms with Gasteiger partial charge in [0.05, 0.1) is 10.9 Å². The highest BCUT2D eigenvalue weighted by Gasteiger charge is 2.02. The van der Waals surface area contributed by atoms with Crippen LogP contribution in [0.15, 0.2) is 18.2 Å². The predicted molar refractivity (Wildman–Crippen MR) is 47.1 cm³/mol. The van der Waals surface area contributed by atoms with Crippen molar-refractivity contribution in [1.29, 1.82) is 0 Å². The monoisotopic (exact) mass is 162 g/mol. The first kappa shape index (κ1) is 7.16. The van der Waals surface area contributed by atoms with E-state index in [0.29, 0.717) is 0 Å². The molecule has 2 rings (SSSR count). The average Bonchev–Trinajstić information content (AvgIpc) is 2.47. The fourth-order valence-corrected chi connectivity index (χ4v) is 1.27. The third-order valence-corrected chi connectivity index (χ3v) is 2.02. The second-order valence-corrected chi connectivity index (χ2v) is 2.78. The normalized spacial score (nSPS) is 10.8. The van der Waals surface area contributed by atoms with E-state index in [9.17, 15) is 5.11 Å². The third kappa shape index (κ3) is 0.942. The van der Waals surface area contributed by atoms with Crippen LogP contribution in [-0.2, 0) is 6.42 Å². The minimum Gasteiger partial charge on any atom is -0.492 e. The second kappa shape index (κ2) is 2.52. The van der Waals surface area contributed by atoms with E-state index >= 15 is 0 Å². The molecule has 0 radical (unpaired) electrons. The molecule has 1 aromatic carbocycles. The van der Waals surface area contributed by atoms with Gasteiger partial charge in [0.15, 0.2) is 0 Å². The van der Waals surface area contributed by atoms with Gasteiger partial charge in [0, 0.05) is 0 Å². The van der Waals surface area contributed by atoms with E-state index in [0.717, 1.165) is 17.3 Å². The molecule has 2 aromatic rings. The van der Waals surface area contributed by atoms with Crippen molar-refractivity contribution in [3.63, 3.8) is 0 Å². The third-order valence-electron chi connectivity index (χ3n) is 2.02. The van der Waals surface area contributed by atoms with Gasteiger partial charge in [-0.3, -0.25) is 5.10 Å². The van der Waals surface area contributed by atoms with Gasteiger partial charge in [-0.15, -0.1) is 5.10 Å². The van der Waals surface area contributed by atoms with Crippen molar-refractivity contribution < 1.29 is 5.11 Å². The summed E-state index contributed by atoms with van der Waals surface area (Å²) in [5.74, 6) is 0.0836. The molecule has 0 aliphatic rings. The Bertz CT molecular complexity index is 406. The van der Waals surface area contributed by atoms with Crippen molar-refractivity contribution in [2.75, 3.05) is 0 Å². The van der Waals surface area contributed by atoms with Gasteiger partial charge in [0.2, 0.25) is 5.88 Å².